The second-order valence-electron chi connectivity index (χ2n) is 3.79. The van der Waals surface area contributed by atoms with Crippen molar-refractivity contribution < 1.29 is 23.1 Å². The molecule has 1 rings (SSSR count). The molecule has 0 radical (unpaired) electrons. The number of carbonyl (C=O) groups is 1. The molecule has 0 amide bonds. The lowest BCUT2D eigenvalue weighted by molar-refractivity contribution is -0.137. The topological polar surface area (TPSA) is 92.7 Å². The van der Waals surface area contributed by atoms with Gasteiger partial charge in [0, 0.05) is 17.7 Å². The largest absolute Gasteiger partial charge is 0.468 e. The molecular weight excluding hydrogens is 282 g/mol. The van der Waals surface area contributed by atoms with Gasteiger partial charge in [-0.1, -0.05) is 17.9 Å². The van der Waals surface area contributed by atoms with Crippen molar-refractivity contribution in [3.05, 3.63) is 29.8 Å². The zero-order chi connectivity index (χ0) is 15.0. The summed E-state index contributed by atoms with van der Waals surface area (Å²) in [6, 6.07) is 6.44. The Balaban J connectivity index is 2.81. The summed E-state index contributed by atoms with van der Waals surface area (Å²) in [7, 11) is -2.68. The first-order chi connectivity index (χ1) is 9.46. The number of anilines is 1. The van der Waals surface area contributed by atoms with Crippen molar-refractivity contribution in [1.29, 1.82) is 0 Å². The van der Waals surface area contributed by atoms with Gasteiger partial charge in [-0.2, -0.15) is 0 Å². The zero-order valence-corrected chi connectivity index (χ0v) is 11.7. The number of sulfonamides is 1. The summed E-state index contributed by atoms with van der Waals surface area (Å²) in [6.07, 6.45) is 0.346. The van der Waals surface area contributed by atoms with Crippen molar-refractivity contribution in [2.45, 2.75) is 6.42 Å². The van der Waals surface area contributed by atoms with Crippen molar-refractivity contribution in [2.24, 2.45) is 0 Å². The summed E-state index contributed by atoms with van der Waals surface area (Å²) in [5.41, 5.74) is 0.918. The molecule has 6 nitrogen and oxygen atoms in total. The maximum atomic E-state index is 11.7. The van der Waals surface area contributed by atoms with Crippen molar-refractivity contribution >= 4 is 21.7 Å². The number of hydrogen-bond donors (Lipinski definition) is 2. The fraction of sp³-hybridized carbons (Fsp3) is 0.308. The van der Waals surface area contributed by atoms with E-state index in [9.17, 15) is 13.2 Å². The Morgan fingerprint density at radius 2 is 2.20 bits per heavy atom. The third kappa shape index (κ3) is 5.73. The average Bonchev–Trinajstić information content (AvgIpc) is 2.38. The molecule has 108 valence electrons. The van der Waals surface area contributed by atoms with Crippen LogP contribution in [0.15, 0.2) is 24.3 Å². The van der Waals surface area contributed by atoms with E-state index >= 15 is 0 Å². The maximum Gasteiger partial charge on any atom is 0.322 e. The molecule has 0 heterocycles. The smallest absolute Gasteiger partial charge is 0.322 e. The molecule has 0 aromatic heterocycles. The third-order valence-electron chi connectivity index (χ3n) is 2.14. The molecule has 0 fully saturated rings. The molecule has 2 N–H and O–H groups in total. The second kappa shape index (κ2) is 7.53. The van der Waals surface area contributed by atoms with Crippen LogP contribution in [-0.4, -0.2) is 39.0 Å². The molecule has 20 heavy (non-hydrogen) atoms. The van der Waals surface area contributed by atoms with Crippen LogP contribution in [-0.2, 0) is 19.6 Å². The molecule has 0 aliphatic rings. The van der Waals surface area contributed by atoms with Crippen molar-refractivity contribution in [3.63, 3.8) is 0 Å². The van der Waals surface area contributed by atoms with Crippen molar-refractivity contribution in [3.8, 4) is 11.8 Å². The van der Waals surface area contributed by atoms with Gasteiger partial charge < -0.3 is 9.84 Å². The number of methoxy groups -OCH3 is 1. The molecule has 0 bridgehead atoms. The third-order valence-corrected chi connectivity index (χ3v) is 3.30. The molecule has 0 atom stereocenters. The Morgan fingerprint density at radius 3 is 2.85 bits per heavy atom. The lowest BCUT2D eigenvalue weighted by Gasteiger charge is -2.07. The Morgan fingerprint density at radius 1 is 1.45 bits per heavy atom. The fourth-order valence-electron chi connectivity index (χ4n) is 1.31. The Labute approximate surface area is 117 Å². The quantitative estimate of drug-likeness (QED) is 0.604. The molecule has 1 aromatic rings. The van der Waals surface area contributed by atoms with Gasteiger partial charge in [0.2, 0.25) is 10.0 Å². The van der Waals surface area contributed by atoms with E-state index in [2.05, 4.69) is 21.3 Å². The van der Waals surface area contributed by atoms with Gasteiger partial charge >= 0.3 is 5.97 Å². The fourth-order valence-corrected chi connectivity index (χ4v) is 2.30. The highest BCUT2D eigenvalue weighted by Crippen LogP contribution is 2.12. The van der Waals surface area contributed by atoms with E-state index in [1.165, 1.54) is 0 Å². The highest BCUT2D eigenvalue weighted by molar-refractivity contribution is 7.93. The minimum atomic E-state index is -3.80. The van der Waals surface area contributed by atoms with E-state index in [0.717, 1.165) is 7.11 Å². The predicted octanol–water partition coefficient (Wildman–Crippen LogP) is 0.335. The Kier molecular flexibility index (Phi) is 6.03. The number of aliphatic hydroxyl groups excluding tert-OH is 1. The van der Waals surface area contributed by atoms with Gasteiger partial charge in [0.25, 0.3) is 0 Å². The van der Waals surface area contributed by atoms with Gasteiger partial charge in [-0.05, 0) is 18.2 Å². The number of rotatable bonds is 5. The number of esters is 1. The SMILES string of the molecule is COC(=O)CS(=O)(=O)Nc1cccc(C#CCCO)c1. The van der Waals surface area contributed by atoms with Crippen LogP contribution in [0.3, 0.4) is 0 Å². The highest BCUT2D eigenvalue weighted by Gasteiger charge is 2.16. The minimum Gasteiger partial charge on any atom is -0.468 e. The molecule has 0 unspecified atom stereocenters. The molecule has 7 heteroatoms. The number of benzene rings is 1. The zero-order valence-electron chi connectivity index (χ0n) is 10.9. The van der Waals surface area contributed by atoms with Crippen LogP contribution in [0.4, 0.5) is 5.69 Å². The van der Waals surface area contributed by atoms with E-state index in [-0.39, 0.29) is 6.61 Å². The first kappa shape index (κ1) is 16.0. The van der Waals surface area contributed by atoms with Gasteiger partial charge in [0.1, 0.15) is 0 Å². The second-order valence-corrected chi connectivity index (χ2v) is 5.52. The van der Waals surface area contributed by atoms with Crippen LogP contribution in [0.1, 0.15) is 12.0 Å². The molecule has 0 saturated carbocycles. The van der Waals surface area contributed by atoms with Gasteiger partial charge in [0.15, 0.2) is 5.75 Å². The molecule has 0 spiro atoms. The summed E-state index contributed by atoms with van der Waals surface area (Å²) in [5.74, 6) is 3.94. The molecule has 0 saturated heterocycles. The minimum absolute atomic E-state index is 0.0293. The number of nitrogens with one attached hydrogen (secondary N) is 1. The van der Waals surface area contributed by atoms with Crippen LogP contribution in [0.2, 0.25) is 0 Å². The summed E-state index contributed by atoms with van der Waals surface area (Å²) in [5, 5.41) is 8.62. The summed E-state index contributed by atoms with van der Waals surface area (Å²) < 4.78 is 29.9. The summed E-state index contributed by atoms with van der Waals surface area (Å²) >= 11 is 0. The van der Waals surface area contributed by atoms with Crippen molar-refractivity contribution in [2.75, 3.05) is 24.2 Å². The van der Waals surface area contributed by atoms with Crippen LogP contribution < -0.4 is 4.72 Å². The van der Waals surface area contributed by atoms with Crippen LogP contribution >= 0.6 is 0 Å². The Hall–Kier alpha value is -2.04. The standard InChI is InChI=1S/C13H15NO5S/c1-19-13(16)10-20(17,18)14-12-7-4-6-11(9-12)5-2-3-8-15/h4,6-7,9,14-15H,3,8,10H2,1H3. The van der Waals surface area contributed by atoms with E-state index < -0.39 is 21.7 Å². The first-order valence-corrected chi connectivity index (χ1v) is 7.39. The summed E-state index contributed by atoms with van der Waals surface area (Å²) in [6.45, 7) is -0.0293. The predicted molar refractivity (Wildman–Crippen MR) is 74.4 cm³/mol. The lowest BCUT2D eigenvalue weighted by atomic mass is 10.2. The van der Waals surface area contributed by atoms with E-state index in [0.29, 0.717) is 17.7 Å². The maximum absolute atomic E-state index is 11.7. The number of hydrogen-bond acceptors (Lipinski definition) is 5. The molecular formula is C13H15NO5S. The number of carbonyl (C=O) groups excluding carboxylic acids is 1. The number of ether oxygens (including phenoxy) is 1. The highest BCUT2D eigenvalue weighted by atomic mass is 32.2. The van der Waals surface area contributed by atoms with Gasteiger partial charge in [-0.15, -0.1) is 0 Å². The van der Waals surface area contributed by atoms with Crippen LogP contribution in [0.5, 0.6) is 0 Å². The van der Waals surface area contributed by atoms with E-state index in [1.54, 1.807) is 24.3 Å². The Bertz CT molecular complexity index is 628. The first-order valence-electron chi connectivity index (χ1n) is 5.74. The van der Waals surface area contributed by atoms with E-state index in [1.807, 2.05) is 0 Å². The lowest BCUT2D eigenvalue weighted by Crippen LogP contribution is -2.23. The van der Waals surface area contributed by atoms with E-state index in [4.69, 9.17) is 5.11 Å². The molecule has 1 aromatic carbocycles. The van der Waals surface area contributed by atoms with Gasteiger partial charge in [-0.25, -0.2) is 8.42 Å². The monoisotopic (exact) mass is 297 g/mol. The van der Waals surface area contributed by atoms with Crippen LogP contribution in [0, 0.1) is 11.8 Å². The van der Waals surface area contributed by atoms with Gasteiger partial charge in [0.05, 0.1) is 13.7 Å². The normalized spacial score (nSPS) is 10.3. The van der Waals surface area contributed by atoms with Crippen molar-refractivity contribution in [1.82, 2.24) is 0 Å². The molecule has 0 aliphatic heterocycles. The van der Waals surface area contributed by atoms with Crippen LogP contribution in [0.25, 0.3) is 0 Å². The average molecular weight is 297 g/mol. The summed E-state index contributed by atoms with van der Waals surface area (Å²) in [4.78, 5) is 11.0. The van der Waals surface area contributed by atoms with Gasteiger partial charge in [-0.3, -0.25) is 9.52 Å². The number of aliphatic hydroxyl groups is 1. The molecule has 0 aliphatic carbocycles.